The van der Waals surface area contributed by atoms with Crippen molar-refractivity contribution in [2.45, 2.75) is 0 Å². The van der Waals surface area contributed by atoms with Crippen molar-refractivity contribution in [3.8, 4) is 28.1 Å². The Morgan fingerprint density at radius 2 is 0.889 bits per heavy atom. The molecule has 0 atom stereocenters. The number of nitrogens with zero attached hydrogens (tertiary/aromatic N) is 3. The molecule has 214 valence electrons. The van der Waals surface area contributed by atoms with E-state index in [1.165, 1.54) is 10.8 Å². The zero-order valence-electron chi connectivity index (χ0n) is 24.4. The number of hydrogen-bond acceptors (Lipinski definition) is 4. The first-order valence-corrected chi connectivity index (χ1v) is 15.0. The summed E-state index contributed by atoms with van der Waals surface area (Å²) in [5.41, 5.74) is 10.2. The average Bonchev–Trinajstić information content (AvgIpc) is 3.44. The maximum Gasteiger partial charge on any atom is 0.186 e. The van der Waals surface area contributed by atoms with Crippen molar-refractivity contribution in [2.24, 2.45) is 0 Å². The van der Waals surface area contributed by atoms with Crippen LogP contribution in [-0.4, -0.2) is 14.8 Å². The molecule has 8 aromatic rings. The number of fused-ring (bicyclic) bond motifs is 3. The number of anilines is 4. The third-order valence-electron chi connectivity index (χ3n) is 8.18. The lowest BCUT2D eigenvalue weighted by atomic mass is 10.0. The summed E-state index contributed by atoms with van der Waals surface area (Å²) in [5, 5.41) is 19.3. The Labute approximate surface area is 261 Å². The lowest BCUT2D eigenvalue weighted by molar-refractivity contribution is 0.957. The molecule has 0 aliphatic carbocycles. The number of rotatable bonds is 7. The predicted octanol–water partition coefficient (Wildman–Crippen LogP) is 10.4. The van der Waals surface area contributed by atoms with Crippen LogP contribution >= 0.6 is 0 Å². The van der Waals surface area contributed by atoms with Crippen molar-refractivity contribution < 1.29 is 0 Å². The smallest absolute Gasteiger partial charge is 0.186 e. The standard InChI is InChI=1S/C40H29N5/c1-3-15-28(16-4-1)30-19-7-11-23-34(30)42-36-27-41-44-40(45-37-25-13-9-21-32(37)33-22-10-14-26-38(33)45)39(36)43-35-24-12-8-20-31(35)29-17-5-2-6-18-29/h1-27H,(H,41,43)(H,42,44). The van der Waals surface area contributed by atoms with E-state index in [4.69, 9.17) is 5.10 Å². The highest BCUT2D eigenvalue weighted by molar-refractivity contribution is 6.10. The molecule has 0 fully saturated rings. The van der Waals surface area contributed by atoms with Crippen LogP contribution in [0.5, 0.6) is 0 Å². The predicted molar refractivity (Wildman–Crippen MR) is 187 cm³/mol. The van der Waals surface area contributed by atoms with Gasteiger partial charge in [0.25, 0.3) is 0 Å². The van der Waals surface area contributed by atoms with E-state index < -0.39 is 0 Å². The summed E-state index contributed by atoms with van der Waals surface area (Å²) in [6.07, 6.45) is 1.80. The first-order valence-electron chi connectivity index (χ1n) is 15.0. The van der Waals surface area contributed by atoms with Crippen LogP contribution < -0.4 is 10.6 Å². The first kappa shape index (κ1) is 26.4. The molecule has 5 nitrogen and oxygen atoms in total. The second-order valence-electron chi connectivity index (χ2n) is 10.9. The zero-order chi connectivity index (χ0) is 30.0. The second kappa shape index (κ2) is 11.5. The van der Waals surface area contributed by atoms with Crippen LogP contribution in [0.1, 0.15) is 0 Å². The highest BCUT2D eigenvalue weighted by Crippen LogP contribution is 2.41. The van der Waals surface area contributed by atoms with Gasteiger partial charge in [0.05, 0.1) is 22.9 Å². The number of nitrogens with one attached hydrogen (secondary N) is 2. The normalized spacial score (nSPS) is 11.1. The van der Waals surface area contributed by atoms with E-state index in [2.05, 4.69) is 166 Å². The molecule has 0 unspecified atom stereocenters. The molecule has 45 heavy (non-hydrogen) atoms. The third-order valence-corrected chi connectivity index (χ3v) is 8.18. The van der Waals surface area contributed by atoms with Crippen LogP contribution in [0.2, 0.25) is 0 Å². The minimum atomic E-state index is 0.706. The average molecular weight is 580 g/mol. The van der Waals surface area contributed by atoms with E-state index in [0.717, 1.165) is 56.0 Å². The molecule has 2 N–H and O–H groups in total. The Balaban J connectivity index is 1.36. The molecule has 5 heteroatoms. The van der Waals surface area contributed by atoms with Crippen molar-refractivity contribution in [2.75, 3.05) is 10.6 Å². The minimum absolute atomic E-state index is 0.706. The largest absolute Gasteiger partial charge is 0.352 e. The van der Waals surface area contributed by atoms with Gasteiger partial charge in [0.1, 0.15) is 5.69 Å². The van der Waals surface area contributed by atoms with E-state index in [9.17, 15) is 0 Å². The fourth-order valence-corrected chi connectivity index (χ4v) is 6.10. The van der Waals surface area contributed by atoms with Gasteiger partial charge >= 0.3 is 0 Å². The van der Waals surface area contributed by atoms with E-state index in [1.807, 2.05) is 12.1 Å². The van der Waals surface area contributed by atoms with Crippen molar-refractivity contribution in [1.82, 2.24) is 14.8 Å². The lowest BCUT2D eigenvalue weighted by Crippen LogP contribution is -2.08. The van der Waals surface area contributed by atoms with Crippen LogP contribution in [0.4, 0.5) is 22.7 Å². The molecule has 0 bridgehead atoms. The first-order chi connectivity index (χ1) is 22.3. The van der Waals surface area contributed by atoms with E-state index in [-0.39, 0.29) is 0 Å². The van der Waals surface area contributed by atoms with Gasteiger partial charge in [-0.3, -0.25) is 4.57 Å². The van der Waals surface area contributed by atoms with Crippen LogP contribution in [-0.2, 0) is 0 Å². The number of para-hydroxylation sites is 4. The Bertz CT molecular complexity index is 2220. The van der Waals surface area contributed by atoms with Crippen molar-refractivity contribution >= 4 is 44.6 Å². The molecule has 0 saturated carbocycles. The molecule has 8 rings (SSSR count). The Hall–Kier alpha value is -6.20. The summed E-state index contributed by atoms with van der Waals surface area (Å²) in [7, 11) is 0. The number of hydrogen-bond donors (Lipinski definition) is 2. The molecule has 2 aromatic heterocycles. The Kier molecular flexibility index (Phi) is 6.74. The van der Waals surface area contributed by atoms with Crippen molar-refractivity contribution in [3.05, 3.63) is 164 Å². The van der Waals surface area contributed by atoms with Gasteiger partial charge in [0.2, 0.25) is 0 Å². The van der Waals surface area contributed by atoms with E-state index >= 15 is 0 Å². The summed E-state index contributed by atoms with van der Waals surface area (Å²) >= 11 is 0. The van der Waals surface area contributed by atoms with Gasteiger partial charge in [-0.05, 0) is 35.4 Å². The highest BCUT2D eigenvalue weighted by Gasteiger charge is 2.20. The monoisotopic (exact) mass is 579 g/mol. The van der Waals surface area contributed by atoms with Crippen LogP contribution in [0.3, 0.4) is 0 Å². The molecular weight excluding hydrogens is 550 g/mol. The van der Waals surface area contributed by atoms with Crippen molar-refractivity contribution in [1.29, 1.82) is 0 Å². The van der Waals surface area contributed by atoms with E-state index in [1.54, 1.807) is 6.20 Å². The Morgan fingerprint density at radius 3 is 1.47 bits per heavy atom. The highest BCUT2D eigenvalue weighted by atomic mass is 15.2. The number of aromatic nitrogens is 3. The van der Waals surface area contributed by atoms with Crippen LogP contribution in [0.15, 0.2) is 164 Å². The lowest BCUT2D eigenvalue weighted by Gasteiger charge is -2.21. The van der Waals surface area contributed by atoms with E-state index in [0.29, 0.717) is 5.82 Å². The molecule has 2 heterocycles. The quantitative estimate of drug-likeness (QED) is 0.197. The summed E-state index contributed by atoms with van der Waals surface area (Å²) < 4.78 is 2.21. The van der Waals surface area contributed by atoms with Crippen LogP contribution in [0, 0.1) is 0 Å². The second-order valence-corrected chi connectivity index (χ2v) is 10.9. The van der Waals surface area contributed by atoms with Gasteiger partial charge in [-0.25, -0.2) is 0 Å². The molecule has 0 aliphatic rings. The SMILES string of the molecule is c1ccc(-c2ccccc2Nc2cnnc(-n3c4ccccc4c4ccccc43)c2Nc2ccccc2-c2ccccc2)cc1. The number of benzene rings is 6. The molecule has 0 saturated heterocycles. The van der Waals surface area contributed by atoms with Crippen LogP contribution in [0.25, 0.3) is 49.9 Å². The van der Waals surface area contributed by atoms with Gasteiger partial charge in [-0.15, -0.1) is 5.10 Å². The molecule has 0 spiro atoms. The van der Waals surface area contributed by atoms with Gasteiger partial charge in [-0.2, -0.15) is 5.10 Å². The maximum absolute atomic E-state index is 4.81. The minimum Gasteiger partial charge on any atom is -0.352 e. The van der Waals surface area contributed by atoms with Gasteiger partial charge in [0.15, 0.2) is 5.82 Å². The summed E-state index contributed by atoms with van der Waals surface area (Å²) in [5.74, 6) is 0.706. The topological polar surface area (TPSA) is 54.8 Å². The molecule has 6 aromatic carbocycles. The molecule has 0 amide bonds. The molecule has 0 aliphatic heterocycles. The fraction of sp³-hybridized carbons (Fsp3) is 0. The maximum atomic E-state index is 4.81. The van der Waals surface area contributed by atoms with Gasteiger partial charge < -0.3 is 10.6 Å². The summed E-state index contributed by atoms with van der Waals surface area (Å²) in [4.78, 5) is 0. The summed E-state index contributed by atoms with van der Waals surface area (Å²) in [6, 6.07) is 54.5. The van der Waals surface area contributed by atoms with Crippen molar-refractivity contribution in [3.63, 3.8) is 0 Å². The Morgan fingerprint density at radius 1 is 0.422 bits per heavy atom. The van der Waals surface area contributed by atoms with Gasteiger partial charge in [0, 0.05) is 33.3 Å². The zero-order valence-corrected chi connectivity index (χ0v) is 24.4. The molecule has 0 radical (unpaired) electrons. The third kappa shape index (κ3) is 4.86. The molecular formula is C40H29N5. The summed E-state index contributed by atoms with van der Waals surface area (Å²) in [6.45, 7) is 0. The van der Waals surface area contributed by atoms with Gasteiger partial charge in [-0.1, -0.05) is 133 Å². The fourth-order valence-electron chi connectivity index (χ4n) is 6.10.